The highest BCUT2D eigenvalue weighted by Crippen LogP contribution is 2.44. The third kappa shape index (κ3) is 3.88. The van der Waals surface area contributed by atoms with Crippen molar-refractivity contribution in [2.24, 2.45) is 5.73 Å². The monoisotopic (exact) mass is 399 g/mol. The SMILES string of the molecule is NC(=O)NC(=O)[C@H](Sc1nnc(-c2cccs2)n1C1CC1)c1ccccc1. The third-order valence-electron chi connectivity index (χ3n) is 4.13. The first kappa shape index (κ1) is 17.7. The van der Waals surface area contributed by atoms with Crippen molar-refractivity contribution < 1.29 is 9.59 Å². The van der Waals surface area contributed by atoms with E-state index < -0.39 is 17.2 Å². The van der Waals surface area contributed by atoms with Gasteiger partial charge in [0.2, 0.25) is 5.91 Å². The van der Waals surface area contributed by atoms with Crippen molar-refractivity contribution in [1.29, 1.82) is 0 Å². The molecule has 0 aliphatic heterocycles. The average molecular weight is 400 g/mol. The molecule has 0 spiro atoms. The van der Waals surface area contributed by atoms with Crippen LogP contribution in [0, 0.1) is 0 Å². The second-order valence-corrected chi connectivity index (χ2v) is 8.17. The number of benzene rings is 1. The van der Waals surface area contributed by atoms with E-state index in [0.29, 0.717) is 11.2 Å². The molecular formula is C18H17N5O2S2. The number of aromatic nitrogens is 3. The van der Waals surface area contributed by atoms with E-state index in [0.717, 1.165) is 29.1 Å². The molecule has 1 aromatic carbocycles. The summed E-state index contributed by atoms with van der Waals surface area (Å²) in [6, 6.07) is 12.7. The van der Waals surface area contributed by atoms with Crippen molar-refractivity contribution in [2.75, 3.05) is 0 Å². The van der Waals surface area contributed by atoms with E-state index in [4.69, 9.17) is 5.73 Å². The summed E-state index contributed by atoms with van der Waals surface area (Å²) in [7, 11) is 0. The molecule has 3 amide bonds. The minimum absolute atomic E-state index is 0.343. The number of urea groups is 1. The van der Waals surface area contributed by atoms with Crippen LogP contribution < -0.4 is 11.1 Å². The zero-order valence-corrected chi connectivity index (χ0v) is 15.9. The van der Waals surface area contributed by atoms with Gasteiger partial charge < -0.3 is 5.73 Å². The van der Waals surface area contributed by atoms with Crippen LogP contribution in [0.3, 0.4) is 0 Å². The van der Waals surface area contributed by atoms with E-state index in [1.54, 1.807) is 11.3 Å². The molecule has 9 heteroatoms. The quantitative estimate of drug-likeness (QED) is 0.619. The molecule has 1 aliphatic carbocycles. The van der Waals surface area contributed by atoms with Gasteiger partial charge in [0.25, 0.3) is 0 Å². The molecule has 138 valence electrons. The number of hydrogen-bond donors (Lipinski definition) is 2. The van der Waals surface area contributed by atoms with Crippen molar-refractivity contribution in [3.63, 3.8) is 0 Å². The van der Waals surface area contributed by atoms with Crippen molar-refractivity contribution in [3.05, 3.63) is 53.4 Å². The molecule has 27 heavy (non-hydrogen) atoms. The molecule has 2 heterocycles. The fraction of sp³-hybridized carbons (Fsp3) is 0.222. The van der Waals surface area contributed by atoms with Crippen molar-refractivity contribution in [1.82, 2.24) is 20.1 Å². The summed E-state index contributed by atoms with van der Waals surface area (Å²) < 4.78 is 2.10. The Morgan fingerprint density at radius 2 is 1.96 bits per heavy atom. The number of thiophene rings is 1. The topological polar surface area (TPSA) is 103 Å². The molecule has 1 fully saturated rings. The van der Waals surface area contributed by atoms with Gasteiger partial charge in [-0.05, 0) is 29.9 Å². The lowest BCUT2D eigenvalue weighted by molar-refractivity contribution is -0.119. The largest absolute Gasteiger partial charge is 0.351 e. The van der Waals surface area contributed by atoms with Crippen LogP contribution in [0.15, 0.2) is 53.0 Å². The lowest BCUT2D eigenvalue weighted by atomic mass is 10.1. The van der Waals surface area contributed by atoms with Gasteiger partial charge in [-0.3, -0.25) is 14.7 Å². The van der Waals surface area contributed by atoms with Crippen LogP contribution in [0.1, 0.15) is 29.7 Å². The minimum atomic E-state index is -0.871. The molecule has 0 radical (unpaired) electrons. The van der Waals surface area contributed by atoms with Crippen LogP contribution in [-0.4, -0.2) is 26.7 Å². The summed E-state index contributed by atoms with van der Waals surface area (Å²) in [6.07, 6.45) is 2.13. The summed E-state index contributed by atoms with van der Waals surface area (Å²) >= 11 is 2.88. The highest BCUT2D eigenvalue weighted by molar-refractivity contribution is 8.00. The maximum absolute atomic E-state index is 12.6. The van der Waals surface area contributed by atoms with Crippen LogP contribution in [0.25, 0.3) is 10.7 Å². The van der Waals surface area contributed by atoms with E-state index in [-0.39, 0.29) is 0 Å². The molecule has 7 nitrogen and oxygen atoms in total. The minimum Gasteiger partial charge on any atom is -0.351 e. The Kier molecular flexibility index (Phi) is 4.95. The molecule has 0 bridgehead atoms. The van der Waals surface area contributed by atoms with E-state index >= 15 is 0 Å². The zero-order chi connectivity index (χ0) is 18.8. The fourth-order valence-corrected chi connectivity index (χ4v) is 4.60. The molecule has 3 N–H and O–H groups in total. The number of carbonyl (C=O) groups excluding carboxylic acids is 2. The number of primary amides is 1. The normalized spacial score (nSPS) is 14.7. The Morgan fingerprint density at radius 1 is 1.19 bits per heavy atom. The van der Waals surface area contributed by atoms with E-state index in [9.17, 15) is 9.59 Å². The Balaban J connectivity index is 1.69. The Labute approximate surface area is 164 Å². The van der Waals surface area contributed by atoms with Gasteiger partial charge in [0, 0.05) is 6.04 Å². The molecule has 2 aromatic heterocycles. The number of hydrogen-bond acceptors (Lipinski definition) is 6. The maximum Gasteiger partial charge on any atom is 0.318 e. The average Bonchev–Trinajstić information content (AvgIpc) is 3.18. The number of nitrogens with two attached hydrogens (primary N) is 1. The Hall–Kier alpha value is -2.65. The van der Waals surface area contributed by atoms with Crippen LogP contribution >= 0.6 is 23.1 Å². The Bertz CT molecular complexity index is 952. The summed E-state index contributed by atoms with van der Waals surface area (Å²) in [5.41, 5.74) is 5.91. The van der Waals surface area contributed by atoms with Crippen LogP contribution in [-0.2, 0) is 4.79 Å². The molecule has 1 saturated carbocycles. The molecule has 3 aromatic rings. The second-order valence-electron chi connectivity index (χ2n) is 6.15. The summed E-state index contributed by atoms with van der Waals surface area (Å²) in [5.74, 6) is 0.346. The summed E-state index contributed by atoms with van der Waals surface area (Å²) in [4.78, 5) is 24.8. The molecule has 0 saturated heterocycles. The zero-order valence-electron chi connectivity index (χ0n) is 14.2. The van der Waals surface area contributed by atoms with Crippen molar-refractivity contribution in [2.45, 2.75) is 29.3 Å². The predicted molar refractivity (Wildman–Crippen MR) is 104 cm³/mol. The third-order valence-corrected chi connectivity index (χ3v) is 6.21. The van der Waals surface area contributed by atoms with Gasteiger partial charge in [-0.15, -0.1) is 21.5 Å². The van der Waals surface area contributed by atoms with Gasteiger partial charge in [-0.25, -0.2) is 4.79 Å². The first-order valence-corrected chi connectivity index (χ1v) is 10.2. The number of amides is 3. The lowest BCUT2D eigenvalue weighted by Gasteiger charge is -2.16. The van der Waals surface area contributed by atoms with Gasteiger partial charge in [-0.2, -0.15) is 0 Å². The Morgan fingerprint density at radius 3 is 2.59 bits per heavy atom. The van der Waals surface area contributed by atoms with Crippen LogP contribution in [0.2, 0.25) is 0 Å². The predicted octanol–water partition coefficient (Wildman–Crippen LogP) is 3.37. The number of thioether (sulfide) groups is 1. The van der Waals surface area contributed by atoms with Crippen LogP contribution in [0.4, 0.5) is 4.79 Å². The molecular weight excluding hydrogens is 382 g/mol. The second kappa shape index (κ2) is 7.53. The highest BCUT2D eigenvalue weighted by atomic mass is 32.2. The lowest BCUT2D eigenvalue weighted by Crippen LogP contribution is -2.37. The molecule has 1 aliphatic rings. The summed E-state index contributed by atoms with van der Waals surface area (Å²) in [5, 5.41) is 12.9. The number of rotatable bonds is 6. The number of carbonyl (C=O) groups is 2. The standard InChI is InChI=1S/C18H17N5O2S2/c19-17(25)20-16(24)14(11-5-2-1-3-6-11)27-18-22-21-15(13-7-4-10-26-13)23(18)12-8-9-12/h1-7,10,12,14H,8-9H2,(H3,19,20,24,25)/t14-/m1/s1. The smallest absolute Gasteiger partial charge is 0.318 e. The van der Waals surface area contributed by atoms with Gasteiger partial charge in [0.05, 0.1) is 4.88 Å². The van der Waals surface area contributed by atoms with Gasteiger partial charge in [0.15, 0.2) is 11.0 Å². The van der Waals surface area contributed by atoms with Gasteiger partial charge in [0.1, 0.15) is 5.25 Å². The number of nitrogens with zero attached hydrogens (tertiary/aromatic N) is 3. The number of nitrogens with one attached hydrogen (secondary N) is 1. The molecule has 0 unspecified atom stereocenters. The molecule has 1 atom stereocenters. The highest BCUT2D eigenvalue weighted by Gasteiger charge is 2.33. The van der Waals surface area contributed by atoms with Crippen LogP contribution in [0.5, 0.6) is 0 Å². The summed E-state index contributed by atoms with van der Waals surface area (Å²) in [6.45, 7) is 0. The van der Waals surface area contributed by atoms with E-state index in [2.05, 4.69) is 20.1 Å². The van der Waals surface area contributed by atoms with E-state index in [1.165, 1.54) is 11.8 Å². The fourth-order valence-electron chi connectivity index (χ4n) is 2.79. The first-order valence-electron chi connectivity index (χ1n) is 8.44. The first-order chi connectivity index (χ1) is 13.1. The van der Waals surface area contributed by atoms with Crippen molar-refractivity contribution >= 4 is 35.0 Å². The van der Waals surface area contributed by atoms with Crippen molar-refractivity contribution in [3.8, 4) is 10.7 Å². The van der Waals surface area contributed by atoms with Gasteiger partial charge in [-0.1, -0.05) is 48.2 Å². The maximum atomic E-state index is 12.6. The van der Waals surface area contributed by atoms with Gasteiger partial charge >= 0.3 is 6.03 Å². The number of imide groups is 1. The molecule has 4 rings (SSSR count). The van der Waals surface area contributed by atoms with E-state index in [1.807, 2.05) is 47.8 Å².